The highest BCUT2D eigenvalue weighted by Gasteiger charge is 2.15. The highest BCUT2D eigenvalue weighted by Crippen LogP contribution is 2.30. The van der Waals surface area contributed by atoms with Crippen molar-refractivity contribution < 1.29 is 14.1 Å². The van der Waals surface area contributed by atoms with E-state index in [-0.39, 0.29) is 6.10 Å². The van der Waals surface area contributed by atoms with Gasteiger partial charge in [-0.1, -0.05) is 22.8 Å². The molecule has 0 aliphatic heterocycles. The second kappa shape index (κ2) is 7.07. The first-order valence-corrected chi connectivity index (χ1v) is 8.22. The van der Waals surface area contributed by atoms with Crippen molar-refractivity contribution in [2.45, 2.75) is 26.9 Å². The van der Waals surface area contributed by atoms with Crippen LogP contribution in [0.25, 0.3) is 22.8 Å². The van der Waals surface area contributed by atoms with Gasteiger partial charge in [0.1, 0.15) is 12.0 Å². The summed E-state index contributed by atoms with van der Waals surface area (Å²) in [5.41, 5.74) is 2.89. The van der Waals surface area contributed by atoms with Crippen molar-refractivity contribution in [3.05, 3.63) is 52.5 Å². The van der Waals surface area contributed by atoms with Gasteiger partial charge in [-0.2, -0.15) is 4.98 Å². The van der Waals surface area contributed by atoms with E-state index < -0.39 is 0 Å². The summed E-state index contributed by atoms with van der Waals surface area (Å²) in [5.74, 6) is 1.59. The Morgan fingerprint density at radius 2 is 2.00 bits per heavy atom. The number of ether oxygens (including phenoxy) is 1. The van der Waals surface area contributed by atoms with Crippen molar-refractivity contribution in [3.63, 3.8) is 0 Å². The summed E-state index contributed by atoms with van der Waals surface area (Å²) in [6, 6.07) is 10.6. The molecule has 0 aliphatic rings. The number of carbonyl (C=O) groups excluding carboxylic acids is 1. The van der Waals surface area contributed by atoms with E-state index in [0.717, 1.165) is 23.2 Å². The van der Waals surface area contributed by atoms with Gasteiger partial charge >= 0.3 is 0 Å². The van der Waals surface area contributed by atoms with Crippen molar-refractivity contribution in [2.75, 3.05) is 0 Å². The lowest BCUT2D eigenvalue weighted by molar-refractivity contribution is 0.112. The number of hydrogen-bond donors (Lipinski definition) is 0. The minimum Gasteiger partial charge on any atom is -0.491 e. The molecule has 0 amide bonds. The largest absolute Gasteiger partial charge is 0.491 e. The molecule has 25 heavy (non-hydrogen) atoms. The predicted octanol–water partition coefficient (Wildman–Crippen LogP) is 4.97. The molecule has 0 radical (unpaired) electrons. The first-order valence-electron chi connectivity index (χ1n) is 7.84. The van der Waals surface area contributed by atoms with E-state index in [1.807, 2.05) is 39.0 Å². The van der Waals surface area contributed by atoms with Crippen LogP contribution in [0.3, 0.4) is 0 Å². The van der Waals surface area contributed by atoms with Crippen molar-refractivity contribution in [2.24, 2.45) is 0 Å². The van der Waals surface area contributed by atoms with Crippen LogP contribution < -0.4 is 4.74 Å². The number of aromatic nitrogens is 2. The molecule has 3 aromatic rings. The van der Waals surface area contributed by atoms with E-state index in [9.17, 15) is 4.79 Å². The zero-order chi connectivity index (χ0) is 18.0. The van der Waals surface area contributed by atoms with E-state index in [4.69, 9.17) is 20.9 Å². The predicted molar refractivity (Wildman–Crippen MR) is 96.1 cm³/mol. The summed E-state index contributed by atoms with van der Waals surface area (Å²) in [6.07, 6.45) is 0.844. The third-order valence-corrected chi connectivity index (χ3v) is 3.89. The molecule has 2 aromatic carbocycles. The summed E-state index contributed by atoms with van der Waals surface area (Å²) < 4.78 is 11.1. The summed E-state index contributed by atoms with van der Waals surface area (Å²) in [6.45, 7) is 5.93. The first-order chi connectivity index (χ1) is 12.0. The second-order valence-corrected chi connectivity index (χ2v) is 6.33. The van der Waals surface area contributed by atoms with E-state index >= 15 is 0 Å². The monoisotopic (exact) mass is 356 g/mol. The molecule has 1 aromatic heterocycles. The third kappa shape index (κ3) is 3.72. The molecule has 1 heterocycles. The van der Waals surface area contributed by atoms with Crippen molar-refractivity contribution >= 4 is 17.9 Å². The number of hydrogen-bond acceptors (Lipinski definition) is 5. The summed E-state index contributed by atoms with van der Waals surface area (Å²) in [4.78, 5) is 15.2. The van der Waals surface area contributed by atoms with E-state index in [0.29, 0.717) is 27.9 Å². The minimum atomic E-state index is 0.107. The highest BCUT2D eigenvalue weighted by atomic mass is 35.5. The standard InChI is InChI=1S/C19H17ClN2O3/c1-11(2)24-17-7-5-14(8-12(17)3)19-21-18(22-25-19)15-6-4-13(10-23)9-16(15)20/h4-11H,1-3H3. The first kappa shape index (κ1) is 17.2. The Bertz CT molecular complexity index is 919. The van der Waals surface area contributed by atoms with E-state index in [1.165, 1.54) is 0 Å². The topological polar surface area (TPSA) is 65.2 Å². The average molecular weight is 357 g/mol. The summed E-state index contributed by atoms with van der Waals surface area (Å²) in [5, 5.41) is 4.39. The third-order valence-electron chi connectivity index (χ3n) is 3.58. The molecule has 3 rings (SSSR count). The zero-order valence-electron chi connectivity index (χ0n) is 14.1. The van der Waals surface area contributed by atoms with Crippen LogP contribution >= 0.6 is 11.6 Å². The molecule has 128 valence electrons. The molecule has 0 unspecified atom stereocenters. The molecule has 0 bridgehead atoms. The van der Waals surface area contributed by atoms with Gasteiger partial charge in [-0.05, 0) is 56.7 Å². The van der Waals surface area contributed by atoms with Crippen LogP contribution in [0.2, 0.25) is 5.02 Å². The molecule has 6 heteroatoms. The van der Waals surface area contributed by atoms with Gasteiger partial charge in [0.05, 0.1) is 11.1 Å². The minimum absolute atomic E-state index is 0.107. The van der Waals surface area contributed by atoms with Crippen molar-refractivity contribution in [1.29, 1.82) is 0 Å². The fraction of sp³-hybridized carbons (Fsp3) is 0.211. The van der Waals surface area contributed by atoms with Crippen LogP contribution in [0, 0.1) is 6.92 Å². The molecule has 0 saturated carbocycles. The number of halogens is 1. The smallest absolute Gasteiger partial charge is 0.258 e. The lowest BCUT2D eigenvalue weighted by atomic mass is 10.1. The molecule has 0 aliphatic carbocycles. The maximum absolute atomic E-state index is 10.8. The van der Waals surface area contributed by atoms with Gasteiger partial charge in [0, 0.05) is 16.7 Å². The number of rotatable bonds is 5. The van der Waals surface area contributed by atoms with Crippen LogP contribution in [0.1, 0.15) is 29.8 Å². The molecular weight excluding hydrogens is 340 g/mol. The van der Waals surface area contributed by atoms with Gasteiger partial charge in [0.25, 0.3) is 5.89 Å². The summed E-state index contributed by atoms with van der Waals surface area (Å²) in [7, 11) is 0. The van der Waals surface area contributed by atoms with E-state index in [1.54, 1.807) is 18.2 Å². The number of benzene rings is 2. The molecule has 0 saturated heterocycles. The Kier molecular flexibility index (Phi) is 4.86. The molecule has 0 spiro atoms. The van der Waals surface area contributed by atoms with Gasteiger partial charge in [-0.15, -0.1) is 0 Å². The Morgan fingerprint density at radius 1 is 1.20 bits per heavy atom. The molecular formula is C19H17ClN2O3. The highest BCUT2D eigenvalue weighted by molar-refractivity contribution is 6.33. The van der Waals surface area contributed by atoms with E-state index in [2.05, 4.69) is 10.1 Å². The molecule has 5 nitrogen and oxygen atoms in total. The molecule has 0 N–H and O–H groups in total. The zero-order valence-corrected chi connectivity index (χ0v) is 14.9. The Labute approximate surface area is 150 Å². The SMILES string of the molecule is Cc1cc(-c2nc(-c3ccc(C=O)cc3Cl)no2)ccc1OC(C)C. The number of aryl methyl sites for hydroxylation is 1. The normalized spacial score (nSPS) is 10.9. The van der Waals surface area contributed by atoms with Gasteiger partial charge in [0.2, 0.25) is 5.82 Å². The van der Waals surface area contributed by atoms with Crippen LogP contribution in [-0.2, 0) is 0 Å². The van der Waals surface area contributed by atoms with Crippen molar-refractivity contribution in [1.82, 2.24) is 10.1 Å². The average Bonchev–Trinajstić information content (AvgIpc) is 3.06. The number of nitrogens with zero attached hydrogens (tertiary/aromatic N) is 2. The molecule has 0 fully saturated rings. The van der Waals surface area contributed by atoms with Gasteiger partial charge < -0.3 is 9.26 Å². The fourth-order valence-electron chi connectivity index (χ4n) is 2.40. The quantitative estimate of drug-likeness (QED) is 0.604. The lowest BCUT2D eigenvalue weighted by Gasteiger charge is -2.12. The Balaban J connectivity index is 1.91. The van der Waals surface area contributed by atoms with Crippen LogP contribution in [0.5, 0.6) is 5.75 Å². The number of carbonyl (C=O) groups is 1. The number of aldehydes is 1. The van der Waals surface area contributed by atoms with Gasteiger partial charge in [-0.3, -0.25) is 4.79 Å². The molecule has 0 atom stereocenters. The van der Waals surface area contributed by atoms with Crippen LogP contribution in [0.15, 0.2) is 40.9 Å². The van der Waals surface area contributed by atoms with Gasteiger partial charge in [-0.25, -0.2) is 0 Å². The second-order valence-electron chi connectivity index (χ2n) is 5.93. The Hall–Kier alpha value is -2.66. The fourth-order valence-corrected chi connectivity index (χ4v) is 2.68. The van der Waals surface area contributed by atoms with Crippen molar-refractivity contribution in [3.8, 4) is 28.6 Å². The van der Waals surface area contributed by atoms with Crippen LogP contribution in [0.4, 0.5) is 0 Å². The maximum Gasteiger partial charge on any atom is 0.258 e. The van der Waals surface area contributed by atoms with Gasteiger partial charge in [0.15, 0.2) is 0 Å². The van der Waals surface area contributed by atoms with Crippen LogP contribution in [-0.4, -0.2) is 22.5 Å². The Morgan fingerprint density at radius 3 is 2.64 bits per heavy atom. The maximum atomic E-state index is 10.8. The summed E-state index contributed by atoms with van der Waals surface area (Å²) >= 11 is 6.20. The lowest BCUT2D eigenvalue weighted by Crippen LogP contribution is -2.06.